The van der Waals surface area contributed by atoms with Crippen LogP contribution in [0, 0.1) is 17.8 Å². The van der Waals surface area contributed by atoms with Crippen molar-refractivity contribution in [1.82, 2.24) is 19.8 Å². The van der Waals surface area contributed by atoms with E-state index in [9.17, 15) is 18.0 Å². The number of nitrogens with zero attached hydrogens (tertiary/aromatic N) is 2. The van der Waals surface area contributed by atoms with Crippen LogP contribution in [-0.2, 0) is 14.8 Å². The Kier molecular flexibility index (Phi) is 7.13. The summed E-state index contributed by atoms with van der Waals surface area (Å²) in [6.07, 6.45) is 9.88. The number of rotatable bonds is 10. The van der Waals surface area contributed by atoms with Crippen LogP contribution in [0.25, 0.3) is 6.20 Å². The van der Waals surface area contributed by atoms with Gasteiger partial charge in [-0.05, 0) is 69.8 Å². The van der Waals surface area contributed by atoms with E-state index in [0.717, 1.165) is 38.4 Å². The van der Waals surface area contributed by atoms with Crippen LogP contribution in [0.2, 0.25) is 0 Å². The number of hydrogen-bond acceptors (Lipinski definition) is 7. The molecule has 0 saturated heterocycles. The summed E-state index contributed by atoms with van der Waals surface area (Å²) in [4.78, 5) is 25.3. The van der Waals surface area contributed by atoms with E-state index in [2.05, 4.69) is 15.1 Å². The minimum Gasteiger partial charge on any atom is -0.477 e. The monoisotopic (exact) mass is 537 g/mol. The Balaban J connectivity index is 1.58. The quantitative estimate of drug-likeness (QED) is 0.414. The van der Waals surface area contributed by atoms with Gasteiger partial charge in [-0.3, -0.25) is 4.79 Å². The molecule has 4 fully saturated rings. The highest BCUT2D eigenvalue weighted by atomic mass is 32.2. The molecule has 12 heteroatoms. The van der Waals surface area contributed by atoms with E-state index < -0.39 is 32.8 Å². The average Bonchev–Trinajstić information content (AvgIpc) is 3.09. The number of carbonyl (C=O) groups excluding carboxylic acids is 2. The van der Waals surface area contributed by atoms with Gasteiger partial charge in [-0.15, -0.1) is 0 Å². The normalized spacial score (nSPS) is 29.1. The zero-order chi connectivity index (χ0) is 27.2. The fourth-order valence-electron chi connectivity index (χ4n) is 6.74. The SMILES string of the molecule is CC(C)COc1c(C(=O)N[C@]23CC4CC(C2)C[C@](OC(N)=O)(C4)C3)cnn1/C=C/C(C)(C)NS(C)(=O)=O. The standard InChI is InChI=1S/C25H39N5O6S/c1-16(2)14-35-21-19(13-27-30(21)7-6-23(3,4)29-37(5,33)34)20(31)28-24-9-17-8-18(10-24)12-25(11-17,15-24)36-22(26)32/h6-7,13,16-18,29H,8-12,14-15H2,1-5H3,(H2,26,32)(H,28,31)/b7-6+/t17?,18?,24-,25-. The van der Waals surface area contributed by atoms with Gasteiger partial charge in [0.2, 0.25) is 15.9 Å². The lowest BCUT2D eigenvalue weighted by Gasteiger charge is -2.61. The van der Waals surface area contributed by atoms with Gasteiger partial charge in [0.25, 0.3) is 5.91 Å². The topological polar surface area (TPSA) is 155 Å². The molecule has 4 aliphatic rings. The predicted octanol–water partition coefficient (Wildman–Crippen LogP) is 2.63. The van der Waals surface area contributed by atoms with Gasteiger partial charge in [-0.25, -0.2) is 22.6 Å². The van der Waals surface area contributed by atoms with Gasteiger partial charge in [0.05, 0.1) is 19.1 Å². The minimum atomic E-state index is -3.43. The molecule has 11 nitrogen and oxygen atoms in total. The fourth-order valence-corrected chi connectivity index (χ4v) is 7.76. The van der Waals surface area contributed by atoms with Crippen LogP contribution in [0.4, 0.5) is 4.79 Å². The zero-order valence-electron chi connectivity index (χ0n) is 22.2. The molecular formula is C25H39N5O6S. The van der Waals surface area contributed by atoms with E-state index >= 15 is 0 Å². The highest BCUT2D eigenvalue weighted by Crippen LogP contribution is 2.59. The van der Waals surface area contributed by atoms with E-state index in [1.165, 1.54) is 10.9 Å². The van der Waals surface area contributed by atoms with Crippen LogP contribution in [0.15, 0.2) is 12.3 Å². The second-order valence-corrected chi connectivity index (χ2v) is 14.0. The third-order valence-electron chi connectivity index (χ3n) is 7.33. The summed E-state index contributed by atoms with van der Waals surface area (Å²) in [6, 6.07) is 0. The van der Waals surface area contributed by atoms with Crippen molar-refractivity contribution in [2.45, 2.75) is 82.9 Å². The van der Waals surface area contributed by atoms with Crippen molar-refractivity contribution in [2.24, 2.45) is 23.5 Å². The summed E-state index contributed by atoms with van der Waals surface area (Å²) < 4.78 is 39.0. The lowest BCUT2D eigenvalue weighted by Crippen LogP contribution is -2.66. The zero-order valence-corrected chi connectivity index (χ0v) is 23.1. The molecule has 0 spiro atoms. The molecule has 4 N–H and O–H groups in total. The molecule has 1 aromatic heterocycles. The highest BCUT2D eigenvalue weighted by molar-refractivity contribution is 7.88. The molecular weight excluding hydrogens is 498 g/mol. The molecule has 2 amide bonds. The molecule has 1 heterocycles. The maximum atomic E-state index is 13.6. The van der Waals surface area contributed by atoms with Crippen molar-refractivity contribution in [3.8, 4) is 5.88 Å². The number of nitrogens with two attached hydrogens (primary N) is 1. The van der Waals surface area contributed by atoms with Crippen molar-refractivity contribution >= 4 is 28.2 Å². The van der Waals surface area contributed by atoms with Crippen molar-refractivity contribution in [3.63, 3.8) is 0 Å². The molecule has 0 radical (unpaired) electrons. The molecule has 5 rings (SSSR count). The Morgan fingerprint density at radius 2 is 1.92 bits per heavy atom. The summed E-state index contributed by atoms with van der Waals surface area (Å²) in [6.45, 7) is 7.81. The van der Waals surface area contributed by atoms with E-state index in [-0.39, 0.29) is 17.7 Å². The summed E-state index contributed by atoms with van der Waals surface area (Å²) in [7, 11) is -3.43. The van der Waals surface area contributed by atoms with Crippen LogP contribution >= 0.6 is 0 Å². The first kappa shape index (κ1) is 27.4. The van der Waals surface area contributed by atoms with E-state index in [4.69, 9.17) is 15.2 Å². The van der Waals surface area contributed by atoms with Crippen LogP contribution < -0.4 is 20.5 Å². The van der Waals surface area contributed by atoms with Crippen LogP contribution in [0.3, 0.4) is 0 Å². The van der Waals surface area contributed by atoms with E-state index in [1.54, 1.807) is 26.1 Å². The first-order valence-electron chi connectivity index (χ1n) is 12.8. The van der Waals surface area contributed by atoms with Gasteiger partial charge < -0.3 is 20.5 Å². The van der Waals surface area contributed by atoms with Crippen molar-refractivity contribution < 1.29 is 27.5 Å². The van der Waals surface area contributed by atoms with Gasteiger partial charge in [0, 0.05) is 23.7 Å². The Hall–Kier alpha value is -2.60. The van der Waals surface area contributed by atoms with Gasteiger partial charge in [-0.1, -0.05) is 13.8 Å². The summed E-state index contributed by atoms with van der Waals surface area (Å²) >= 11 is 0. The van der Waals surface area contributed by atoms with Crippen LogP contribution in [-0.4, -0.2) is 59.7 Å². The van der Waals surface area contributed by atoms with Gasteiger partial charge in [0.15, 0.2) is 0 Å². The number of amides is 2. The maximum absolute atomic E-state index is 13.6. The first-order valence-corrected chi connectivity index (χ1v) is 14.7. The van der Waals surface area contributed by atoms with Gasteiger partial charge in [-0.2, -0.15) is 5.10 Å². The number of primary amides is 1. The fraction of sp³-hybridized carbons (Fsp3) is 0.720. The van der Waals surface area contributed by atoms with Crippen LogP contribution in [0.5, 0.6) is 5.88 Å². The number of ether oxygens (including phenoxy) is 2. The average molecular weight is 538 g/mol. The van der Waals surface area contributed by atoms with E-state index in [0.29, 0.717) is 30.4 Å². The third-order valence-corrected chi connectivity index (χ3v) is 8.23. The first-order chi connectivity index (χ1) is 17.1. The number of nitrogens with one attached hydrogen (secondary N) is 2. The lowest BCUT2D eigenvalue weighted by molar-refractivity contribution is -0.139. The minimum absolute atomic E-state index is 0.209. The molecule has 37 heavy (non-hydrogen) atoms. The predicted molar refractivity (Wildman–Crippen MR) is 138 cm³/mol. The smallest absolute Gasteiger partial charge is 0.405 e. The Morgan fingerprint density at radius 1 is 1.27 bits per heavy atom. The number of hydrogen-bond donors (Lipinski definition) is 3. The summed E-state index contributed by atoms with van der Waals surface area (Å²) in [5.41, 5.74) is 3.71. The number of carbonyl (C=O) groups is 2. The second-order valence-electron chi connectivity index (χ2n) is 12.2. The maximum Gasteiger partial charge on any atom is 0.405 e. The summed E-state index contributed by atoms with van der Waals surface area (Å²) in [5, 5.41) is 7.61. The van der Waals surface area contributed by atoms with Crippen molar-refractivity contribution in [2.75, 3.05) is 12.9 Å². The Morgan fingerprint density at radius 3 is 2.49 bits per heavy atom. The molecule has 4 saturated carbocycles. The van der Waals surface area contributed by atoms with Crippen molar-refractivity contribution in [3.05, 3.63) is 17.8 Å². The highest BCUT2D eigenvalue weighted by Gasteiger charge is 2.60. The lowest BCUT2D eigenvalue weighted by atomic mass is 9.51. The molecule has 2 atom stereocenters. The molecule has 206 valence electrons. The third kappa shape index (κ3) is 6.46. The van der Waals surface area contributed by atoms with Gasteiger partial charge >= 0.3 is 6.09 Å². The molecule has 2 unspecified atom stereocenters. The number of aromatic nitrogens is 2. The molecule has 4 aliphatic carbocycles. The number of sulfonamides is 1. The largest absolute Gasteiger partial charge is 0.477 e. The Bertz CT molecular complexity index is 1170. The van der Waals surface area contributed by atoms with Gasteiger partial charge in [0.1, 0.15) is 11.2 Å². The van der Waals surface area contributed by atoms with Crippen LogP contribution in [0.1, 0.15) is 76.6 Å². The summed E-state index contributed by atoms with van der Waals surface area (Å²) in [5.74, 6) is 0.926. The second kappa shape index (κ2) is 9.61. The molecule has 4 bridgehead atoms. The van der Waals surface area contributed by atoms with E-state index in [1.807, 2.05) is 13.8 Å². The molecule has 1 aromatic rings. The van der Waals surface area contributed by atoms with Crippen molar-refractivity contribution in [1.29, 1.82) is 0 Å². The molecule has 0 aliphatic heterocycles. The molecule has 0 aromatic carbocycles. The Labute approximate surface area is 218 Å².